The van der Waals surface area contributed by atoms with E-state index in [9.17, 15) is 0 Å². The third-order valence-electron chi connectivity index (χ3n) is 1.71. The molecule has 0 aliphatic heterocycles. The van der Waals surface area contributed by atoms with Crippen LogP contribution in [0.2, 0.25) is 0 Å². The molecule has 0 atom stereocenters. The highest BCUT2D eigenvalue weighted by Crippen LogP contribution is 2.15. The molecule has 0 saturated heterocycles. The predicted octanol–water partition coefficient (Wildman–Crippen LogP) is 3.83. The third-order valence-corrected chi connectivity index (χ3v) is 2.20. The Labute approximate surface area is 88.0 Å². The first-order valence-corrected chi connectivity index (χ1v) is 5.11. The number of anilines is 1. The van der Waals surface area contributed by atoms with E-state index in [4.69, 9.17) is 0 Å². The van der Waals surface area contributed by atoms with E-state index in [1.165, 1.54) is 5.57 Å². The molecule has 0 saturated carbocycles. The first-order chi connectivity index (χ1) is 6.18. The molecule has 0 fully saturated rings. The molecule has 0 unspecified atom stereocenters. The van der Waals surface area contributed by atoms with Crippen LogP contribution in [0, 0.1) is 0 Å². The number of rotatable bonds is 4. The average Bonchev–Trinajstić information content (AvgIpc) is 2.03. The summed E-state index contributed by atoms with van der Waals surface area (Å²) in [7, 11) is 0. The van der Waals surface area contributed by atoms with Gasteiger partial charge in [0.25, 0.3) is 0 Å². The summed E-state index contributed by atoms with van der Waals surface area (Å²) in [6, 6.07) is 8.17. The molecular weight excluding hydrogens is 226 g/mol. The van der Waals surface area contributed by atoms with E-state index in [0.29, 0.717) is 0 Å². The lowest BCUT2D eigenvalue weighted by Crippen LogP contribution is -2.01. The first kappa shape index (κ1) is 10.3. The molecular formula is C11H14BrN. The van der Waals surface area contributed by atoms with Gasteiger partial charge in [-0.2, -0.15) is 0 Å². The molecule has 0 spiro atoms. The van der Waals surface area contributed by atoms with Gasteiger partial charge in [-0.1, -0.05) is 27.6 Å². The van der Waals surface area contributed by atoms with Gasteiger partial charge in [-0.3, -0.25) is 0 Å². The van der Waals surface area contributed by atoms with Gasteiger partial charge in [0.05, 0.1) is 0 Å². The largest absolute Gasteiger partial charge is 0.385 e. The second kappa shape index (κ2) is 5.07. The van der Waals surface area contributed by atoms with Crippen molar-refractivity contribution in [2.45, 2.75) is 13.3 Å². The van der Waals surface area contributed by atoms with Crippen molar-refractivity contribution in [3.8, 4) is 0 Å². The van der Waals surface area contributed by atoms with Crippen molar-refractivity contribution in [3.63, 3.8) is 0 Å². The van der Waals surface area contributed by atoms with E-state index in [1.807, 2.05) is 19.1 Å². The van der Waals surface area contributed by atoms with Gasteiger partial charge < -0.3 is 5.32 Å². The predicted molar refractivity (Wildman–Crippen MR) is 62.1 cm³/mol. The standard InChI is InChI=1S/C11H14BrN/c1-9(2)6-7-13-11-5-3-4-10(12)8-11/h3-5,8,13H,1,6-7H2,2H3. The van der Waals surface area contributed by atoms with Crippen LogP contribution in [0.4, 0.5) is 5.69 Å². The Balaban J connectivity index is 2.41. The van der Waals surface area contributed by atoms with Crippen LogP contribution in [-0.4, -0.2) is 6.54 Å². The molecule has 0 amide bonds. The van der Waals surface area contributed by atoms with Crippen LogP contribution in [-0.2, 0) is 0 Å². The summed E-state index contributed by atoms with van der Waals surface area (Å²) in [5, 5.41) is 3.33. The zero-order valence-corrected chi connectivity index (χ0v) is 9.39. The SMILES string of the molecule is C=C(C)CCNc1cccc(Br)c1. The molecule has 1 aromatic rings. The summed E-state index contributed by atoms with van der Waals surface area (Å²) in [4.78, 5) is 0. The van der Waals surface area contributed by atoms with Gasteiger partial charge in [0.1, 0.15) is 0 Å². The normalized spacial score (nSPS) is 9.69. The molecule has 1 N–H and O–H groups in total. The highest BCUT2D eigenvalue weighted by atomic mass is 79.9. The van der Waals surface area contributed by atoms with Crippen molar-refractivity contribution in [2.75, 3.05) is 11.9 Å². The number of halogens is 1. The molecule has 0 aromatic heterocycles. The fraction of sp³-hybridized carbons (Fsp3) is 0.273. The van der Waals surface area contributed by atoms with Gasteiger partial charge in [0.2, 0.25) is 0 Å². The van der Waals surface area contributed by atoms with Crippen molar-refractivity contribution in [2.24, 2.45) is 0 Å². The summed E-state index contributed by atoms with van der Waals surface area (Å²) < 4.78 is 1.10. The van der Waals surface area contributed by atoms with Crippen molar-refractivity contribution in [1.29, 1.82) is 0 Å². The number of benzene rings is 1. The van der Waals surface area contributed by atoms with E-state index in [-0.39, 0.29) is 0 Å². The summed E-state index contributed by atoms with van der Waals surface area (Å²) >= 11 is 3.43. The van der Waals surface area contributed by atoms with E-state index < -0.39 is 0 Å². The highest BCUT2D eigenvalue weighted by Gasteiger charge is 1.92. The minimum absolute atomic E-state index is 0.950. The number of nitrogens with one attached hydrogen (secondary N) is 1. The smallest absolute Gasteiger partial charge is 0.0351 e. The highest BCUT2D eigenvalue weighted by molar-refractivity contribution is 9.10. The molecule has 1 rings (SSSR count). The Hall–Kier alpha value is -0.760. The summed E-state index contributed by atoms with van der Waals surface area (Å²) in [5.41, 5.74) is 2.36. The quantitative estimate of drug-likeness (QED) is 0.788. The van der Waals surface area contributed by atoms with Gasteiger partial charge >= 0.3 is 0 Å². The van der Waals surface area contributed by atoms with Gasteiger partial charge in [0.15, 0.2) is 0 Å². The van der Waals surface area contributed by atoms with Crippen LogP contribution in [0.1, 0.15) is 13.3 Å². The molecule has 1 nitrogen and oxygen atoms in total. The van der Waals surface area contributed by atoms with Crippen LogP contribution < -0.4 is 5.32 Å². The Morgan fingerprint density at radius 3 is 2.92 bits per heavy atom. The molecule has 2 heteroatoms. The van der Waals surface area contributed by atoms with Crippen LogP contribution >= 0.6 is 15.9 Å². The summed E-state index contributed by atoms with van der Waals surface area (Å²) in [5.74, 6) is 0. The first-order valence-electron chi connectivity index (χ1n) is 4.32. The van der Waals surface area contributed by atoms with Crippen molar-refractivity contribution in [3.05, 3.63) is 40.9 Å². The van der Waals surface area contributed by atoms with E-state index in [2.05, 4.69) is 40.0 Å². The molecule has 0 heterocycles. The zero-order valence-electron chi connectivity index (χ0n) is 7.81. The van der Waals surface area contributed by atoms with Crippen LogP contribution in [0.5, 0.6) is 0 Å². The second-order valence-electron chi connectivity index (χ2n) is 3.14. The van der Waals surface area contributed by atoms with Crippen molar-refractivity contribution in [1.82, 2.24) is 0 Å². The lowest BCUT2D eigenvalue weighted by atomic mass is 10.2. The van der Waals surface area contributed by atoms with Crippen molar-refractivity contribution < 1.29 is 0 Å². The number of hydrogen-bond acceptors (Lipinski definition) is 1. The fourth-order valence-corrected chi connectivity index (χ4v) is 1.42. The summed E-state index contributed by atoms with van der Waals surface area (Å²) in [6.07, 6.45) is 1.02. The maximum atomic E-state index is 3.85. The fourth-order valence-electron chi connectivity index (χ4n) is 1.02. The molecule has 0 bridgehead atoms. The number of hydrogen-bond donors (Lipinski definition) is 1. The lowest BCUT2D eigenvalue weighted by Gasteiger charge is -2.05. The Bertz CT molecular complexity index is 294. The van der Waals surface area contributed by atoms with Gasteiger partial charge in [-0.15, -0.1) is 6.58 Å². The Morgan fingerprint density at radius 2 is 2.31 bits per heavy atom. The second-order valence-corrected chi connectivity index (χ2v) is 4.06. The molecule has 0 aliphatic rings. The average molecular weight is 240 g/mol. The Morgan fingerprint density at radius 1 is 1.54 bits per heavy atom. The minimum Gasteiger partial charge on any atom is -0.385 e. The minimum atomic E-state index is 0.950. The molecule has 13 heavy (non-hydrogen) atoms. The zero-order chi connectivity index (χ0) is 9.68. The van der Waals surface area contributed by atoms with E-state index >= 15 is 0 Å². The van der Waals surface area contributed by atoms with Gasteiger partial charge in [-0.25, -0.2) is 0 Å². The molecule has 70 valence electrons. The maximum absolute atomic E-state index is 3.85. The maximum Gasteiger partial charge on any atom is 0.0351 e. The van der Waals surface area contributed by atoms with Gasteiger partial charge in [0, 0.05) is 16.7 Å². The van der Waals surface area contributed by atoms with Crippen LogP contribution in [0.25, 0.3) is 0 Å². The van der Waals surface area contributed by atoms with Crippen molar-refractivity contribution >= 4 is 21.6 Å². The molecule has 1 aromatic carbocycles. The van der Waals surface area contributed by atoms with E-state index in [0.717, 1.165) is 23.1 Å². The molecule has 0 aliphatic carbocycles. The van der Waals surface area contributed by atoms with Crippen LogP contribution in [0.3, 0.4) is 0 Å². The monoisotopic (exact) mass is 239 g/mol. The third kappa shape index (κ3) is 4.13. The van der Waals surface area contributed by atoms with Gasteiger partial charge in [-0.05, 0) is 31.5 Å². The summed E-state index contributed by atoms with van der Waals surface area (Å²) in [6.45, 7) is 6.85. The lowest BCUT2D eigenvalue weighted by molar-refractivity contribution is 1.00. The van der Waals surface area contributed by atoms with Crippen LogP contribution in [0.15, 0.2) is 40.9 Å². The Kier molecular flexibility index (Phi) is 4.03. The molecule has 0 radical (unpaired) electrons. The van der Waals surface area contributed by atoms with E-state index in [1.54, 1.807) is 0 Å². The topological polar surface area (TPSA) is 12.0 Å².